The summed E-state index contributed by atoms with van der Waals surface area (Å²) in [4.78, 5) is 23.5. The van der Waals surface area contributed by atoms with Crippen LogP contribution in [0.15, 0.2) is 78.1 Å². The van der Waals surface area contributed by atoms with Crippen molar-refractivity contribution in [2.45, 2.75) is 64.3 Å². The van der Waals surface area contributed by atoms with Gasteiger partial charge in [-0.2, -0.15) is 0 Å². The van der Waals surface area contributed by atoms with Crippen molar-refractivity contribution >= 4 is 34.9 Å². The molecule has 1 unspecified atom stereocenters. The van der Waals surface area contributed by atoms with Crippen molar-refractivity contribution in [1.29, 1.82) is 0 Å². The number of benzene rings is 2. The number of aromatic nitrogens is 2. The Hall–Kier alpha value is -3.88. The number of nitrogens with one attached hydrogen (secondary N) is 2. The number of fused-ring (bicyclic) bond motifs is 1. The molecule has 224 valence electrons. The number of aryl methyl sites for hydroxylation is 1. The van der Waals surface area contributed by atoms with E-state index in [1.54, 1.807) is 12.4 Å². The van der Waals surface area contributed by atoms with Gasteiger partial charge in [0.1, 0.15) is 0 Å². The van der Waals surface area contributed by atoms with Gasteiger partial charge >= 0.3 is 0 Å². The summed E-state index contributed by atoms with van der Waals surface area (Å²) in [5, 5.41) is 6.39. The number of nitrogens with two attached hydrogens (primary N) is 1. The number of hydrogen-bond donors (Lipinski definition) is 3. The highest BCUT2D eigenvalue weighted by atomic mass is 32.2. The predicted octanol–water partition coefficient (Wildman–Crippen LogP) is 7.36. The molecule has 0 spiro atoms. The van der Waals surface area contributed by atoms with Gasteiger partial charge in [-0.3, -0.25) is 14.8 Å². The van der Waals surface area contributed by atoms with Crippen LogP contribution in [0.4, 0.5) is 17.1 Å². The average molecular weight is 595 g/mol. The van der Waals surface area contributed by atoms with E-state index in [1.165, 1.54) is 21.7 Å². The molecule has 5 rings (SSSR count). The minimum absolute atomic E-state index is 0.0631. The summed E-state index contributed by atoms with van der Waals surface area (Å²) in [6.45, 7) is 11.1. The van der Waals surface area contributed by atoms with E-state index in [-0.39, 0.29) is 18.2 Å². The van der Waals surface area contributed by atoms with Gasteiger partial charge in [-0.1, -0.05) is 37.6 Å². The first kappa shape index (κ1) is 30.6. The Morgan fingerprint density at radius 1 is 1.12 bits per heavy atom. The van der Waals surface area contributed by atoms with Crippen molar-refractivity contribution in [2.75, 3.05) is 29.5 Å². The molecule has 8 heteroatoms. The zero-order valence-corrected chi connectivity index (χ0v) is 26.4. The van der Waals surface area contributed by atoms with E-state index >= 15 is 0 Å². The Labute approximate surface area is 259 Å². The maximum absolute atomic E-state index is 13.4. The van der Waals surface area contributed by atoms with E-state index in [4.69, 9.17) is 10.7 Å². The maximum atomic E-state index is 13.4. The fourth-order valence-electron chi connectivity index (χ4n) is 5.81. The molecule has 0 saturated carbocycles. The molecule has 0 aliphatic carbocycles. The molecular weight excluding hydrogens is 552 g/mol. The van der Waals surface area contributed by atoms with Gasteiger partial charge in [0.2, 0.25) is 5.91 Å². The van der Waals surface area contributed by atoms with Crippen LogP contribution >= 0.6 is 11.9 Å². The van der Waals surface area contributed by atoms with Crippen LogP contribution in [0, 0.1) is 19.8 Å². The Bertz CT molecular complexity index is 1560. The Balaban J connectivity index is 1.48. The first-order valence-electron chi connectivity index (χ1n) is 15.1. The molecule has 1 aliphatic heterocycles. The molecule has 0 saturated heterocycles. The third kappa shape index (κ3) is 7.37. The van der Waals surface area contributed by atoms with Gasteiger partial charge < -0.3 is 16.4 Å². The van der Waals surface area contributed by atoms with Crippen molar-refractivity contribution in [2.24, 2.45) is 5.92 Å². The molecule has 1 amide bonds. The molecule has 0 radical (unpaired) electrons. The largest absolute Gasteiger partial charge is 0.397 e. The molecule has 2 atom stereocenters. The van der Waals surface area contributed by atoms with E-state index in [1.807, 2.05) is 42.4 Å². The lowest BCUT2D eigenvalue weighted by Gasteiger charge is -2.26. The van der Waals surface area contributed by atoms with Crippen molar-refractivity contribution in [3.63, 3.8) is 0 Å². The summed E-state index contributed by atoms with van der Waals surface area (Å²) >= 11 is 1.81. The average Bonchev–Trinajstić information content (AvgIpc) is 3.19. The van der Waals surface area contributed by atoms with E-state index in [2.05, 4.69) is 77.9 Å². The molecule has 43 heavy (non-hydrogen) atoms. The predicted molar refractivity (Wildman–Crippen MR) is 178 cm³/mol. The van der Waals surface area contributed by atoms with E-state index in [0.717, 1.165) is 60.5 Å². The van der Waals surface area contributed by atoms with Gasteiger partial charge in [-0.25, -0.2) is 4.31 Å². The quantitative estimate of drug-likeness (QED) is 0.130. The molecule has 2 aromatic heterocycles. The molecule has 0 fully saturated rings. The first-order chi connectivity index (χ1) is 20.9. The number of amides is 1. The number of hydrogen-bond acceptors (Lipinski definition) is 7. The monoisotopic (exact) mass is 594 g/mol. The fourth-order valence-corrected chi connectivity index (χ4v) is 6.96. The standard InChI is InChI=1S/C35H42N6OS/c1-5-25-17-32-33(10-8-16-39-32)43-41(21-25)22-27-18-26(12-11-23(27)3)30(19-34(42)40-28-9-7-15-37-20-28)29-13-14-31(38-6-2)35(36)24(29)4/h7-16,18,20,25,30,38H,5-6,17,19,21-22,36H2,1-4H3,(H,40,42)/t25-,30?/m0/s1. The molecule has 4 aromatic rings. The smallest absolute Gasteiger partial charge is 0.225 e. The SMILES string of the molecule is CCNc1ccc(C(CC(=O)Nc2cccnc2)c2ccc(C)c(CN3C[C@@H](CC)Cc4ncccc4S3)c2)c(C)c1N. The molecule has 0 bridgehead atoms. The number of nitrogen functional groups attached to an aromatic ring is 1. The topological polar surface area (TPSA) is 96.2 Å². The molecule has 3 heterocycles. The highest BCUT2D eigenvalue weighted by Gasteiger charge is 2.25. The lowest BCUT2D eigenvalue weighted by Crippen LogP contribution is -2.23. The second-order valence-electron chi connectivity index (χ2n) is 11.3. The van der Waals surface area contributed by atoms with Gasteiger partial charge in [0.05, 0.1) is 29.0 Å². The lowest BCUT2D eigenvalue weighted by atomic mass is 9.83. The van der Waals surface area contributed by atoms with Gasteiger partial charge in [0.15, 0.2) is 0 Å². The number of carbonyl (C=O) groups is 1. The second-order valence-corrected chi connectivity index (χ2v) is 12.5. The normalized spacial score (nSPS) is 15.8. The Morgan fingerprint density at radius 2 is 1.95 bits per heavy atom. The first-order valence-corrected chi connectivity index (χ1v) is 15.9. The summed E-state index contributed by atoms with van der Waals surface area (Å²) in [7, 11) is 0. The maximum Gasteiger partial charge on any atom is 0.225 e. The third-order valence-electron chi connectivity index (χ3n) is 8.35. The minimum atomic E-state index is -0.167. The third-order valence-corrected chi connectivity index (χ3v) is 9.46. The zero-order chi connectivity index (χ0) is 30.3. The van der Waals surface area contributed by atoms with Gasteiger partial charge in [-0.15, -0.1) is 0 Å². The highest BCUT2D eigenvalue weighted by molar-refractivity contribution is 7.97. The molecule has 2 aromatic carbocycles. The summed E-state index contributed by atoms with van der Waals surface area (Å²) in [6, 6.07) is 18.7. The summed E-state index contributed by atoms with van der Waals surface area (Å²) in [6.07, 6.45) is 7.68. The van der Waals surface area contributed by atoms with Crippen molar-refractivity contribution in [3.05, 3.63) is 107 Å². The van der Waals surface area contributed by atoms with Crippen LogP contribution in [0.1, 0.15) is 66.1 Å². The van der Waals surface area contributed by atoms with Crippen LogP contribution in [-0.2, 0) is 17.8 Å². The minimum Gasteiger partial charge on any atom is -0.397 e. The Morgan fingerprint density at radius 3 is 2.72 bits per heavy atom. The summed E-state index contributed by atoms with van der Waals surface area (Å²) in [5.74, 6) is 0.322. The van der Waals surface area contributed by atoms with Crippen LogP contribution in [-0.4, -0.2) is 33.3 Å². The fraction of sp³-hybridized carbons (Fsp3) is 0.343. The number of carbonyl (C=O) groups excluding carboxylic acids is 1. The number of nitrogens with zero attached hydrogens (tertiary/aromatic N) is 3. The molecule has 1 aliphatic rings. The van der Waals surface area contributed by atoms with E-state index in [0.29, 0.717) is 11.6 Å². The lowest BCUT2D eigenvalue weighted by molar-refractivity contribution is -0.116. The van der Waals surface area contributed by atoms with Crippen LogP contribution in [0.3, 0.4) is 0 Å². The number of anilines is 3. The van der Waals surface area contributed by atoms with Gasteiger partial charge in [0.25, 0.3) is 0 Å². The van der Waals surface area contributed by atoms with Crippen molar-refractivity contribution in [3.8, 4) is 0 Å². The van der Waals surface area contributed by atoms with Crippen molar-refractivity contribution < 1.29 is 4.79 Å². The van der Waals surface area contributed by atoms with E-state index in [9.17, 15) is 4.79 Å². The number of pyridine rings is 2. The van der Waals surface area contributed by atoms with Crippen LogP contribution in [0.25, 0.3) is 0 Å². The summed E-state index contributed by atoms with van der Waals surface area (Å²) < 4.78 is 2.48. The summed E-state index contributed by atoms with van der Waals surface area (Å²) in [5.41, 5.74) is 15.8. The van der Waals surface area contributed by atoms with Crippen LogP contribution in [0.5, 0.6) is 0 Å². The van der Waals surface area contributed by atoms with Gasteiger partial charge in [0, 0.05) is 49.3 Å². The van der Waals surface area contributed by atoms with Crippen molar-refractivity contribution in [1.82, 2.24) is 14.3 Å². The molecular formula is C35H42N6OS. The second kappa shape index (κ2) is 14.1. The Kier molecular flexibility index (Phi) is 10.00. The van der Waals surface area contributed by atoms with Crippen LogP contribution in [0.2, 0.25) is 0 Å². The molecule has 7 nitrogen and oxygen atoms in total. The number of rotatable bonds is 10. The molecule has 4 N–H and O–H groups in total. The van der Waals surface area contributed by atoms with Gasteiger partial charge in [-0.05, 0) is 103 Å². The van der Waals surface area contributed by atoms with Crippen LogP contribution < -0.4 is 16.4 Å². The van der Waals surface area contributed by atoms with E-state index < -0.39 is 0 Å². The highest BCUT2D eigenvalue weighted by Crippen LogP contribution is 2.38. The zero-order valence-electron chi connectivity index (χ0n) is 25.6.